The zero-order valence-electron chi connectivity index (χ0n) is 12.7. The number of rotatable bonds is 6. The van der Waals surface area contributed by atoms with Crippen molar-refractivity contribution in [2.24, 2.45) is 0 Å². The van der Waals surface area contributed by atoms with Gasteiger partial charge in [0.15, 0.2) is 0 Å². The monoisotopic (exact) mass is 282 g/mol. The van der Waals surface area contributed by atoms with Crippen LogP contribution in [0.2, 0.25) is 0 Å². The Morgan fingerprint density at radius 3 is 2.43 bits per heavy atom. The van der Waals surface area contributed by atoms with Gasteiger partial charge in [0.1, 0.15) is 0 Å². The molecule has 0 aromatic heterocycles. The molecule has 3 heteroatoms. The fourth-order valence-corrected chi connectivity index (χ4v) is 2.27. The number of carbonyl (C=O) groups is 1. The maximum atomic E-state index is 12.2. The molecule has 1 amide bonds. The molecule has 1 N–H and O–H groups in total. The number of hydrogen-bond donors (Lipinski definition) is 1. The van der Waals surface area contributed by atoms with E-state index in [1.54, 1.807) is 4.90 Å². The first-order valence-corrected chi connectivity index (χ1v) is 7.35. The lowest BCUT2D eigenvalue weighted by Crippen LogP contribution is -2.27. The Kier molecular flexibility index (Phi) is 5.38. The van der Waals surface area contributed by atoms with Crippen LogP contribution in [0, 0.1) is 0 Å². The second-order valence-electron chi connectivity index (χ2n) is 4.98. The molecule has 0 heterocycles. The summed E-state index contributed by atoms with van der Waals surface area (Å²) in [5.74, 6) is 0.114. The zero-order valence-corrected chi connectivity index (χ0v) is 12.7. The van der Waals surface area contributed by atoms with Crippen LogP contribution in [0.1, 0.15) is 18.9 Å². The minimum Gasteiger partial charge on any atom is -0.384 e. The Hall–Kier alpha value is -2.29. The van der Waals surface area contributed by atoms with E-state index in [9.17, 15) is 4.79 Å². The SMILES string of the molecule is CCc1ccccc1NCCC(=O)N(C)c1ccccc1. The molecule has 0 fully saturated rings. The van der Waals surface area contributed by atoms with Gasteiger partial charge in [-0.2, -0.15) is 0 Å². The summed E-state index contributed by atoms with van der Waals surface area (Å²) in [5, 5.41) is 3.35. The number of aryl methyl sites for hydroxylation is 1. The standard InChI is InChI=1S/C18H22N2O/c1-3-15-9-7-8-12-17(15)19-14-13-18(21)20(2)16-10-5-4-6-11-16/h4-12,19H,3,13-14H2,1-2H3. The van der Waals surface area contributed by atoms with E-state index in [0.717, 1.165) is 17.8 Å². The first-order chi connectivity index (χ1) is 10.2. The van der Waals surface area contributed by atoms with Crippen molar-refractivity contribution in [2.45, 2.75) is 19.8 Å². The van der Waals surface area contributed by atoms with Gasteiger partial charge in [-0.3, -0.25) is 4.79 Å². The lowest BCUT2D eigenvalue weighted by Gasteiger charge is -2.18. The highest BCUT2D eigenvalue weighted by Crippen LogP contribution is 2.16. The molecule has 2 rings (SSSR count). The van der Waals surface area contributed by atoms with Crippen LogP contribution in [0.5, 0.6) is 0 Å². The van der Waals surface area contributed by atoms with Gasteiger partial charge in [0.2, 0.25) is 5.91 Å². The molecule has 2 aromatic carbocycles. The second kappa shape index (κ2) is 7.48. The van der Waals surface area contributed by atoms with Crippen molar-refractivity contribution in [3.8, 4) is 0 Å². The van der Waals surface area contributed by atoms with E-state index in [2.05, 4.69) is 24.4 Å². The largest absolute Gasteiger partial charge is 0.384 e. The van der Waals surface area contributed by atoms with Crippen molar-refractivity contribution in [3.63, 3.8) is 0 Å². The van der Waals surface area contributed by atoms with Crippen molar-refractivity contribution < 1.29 is 4.79 Å². The fraction of sp³-hybridized carbons (Fsp3) is 0.278. The quantitative estimate of drug-likeness (QED) is 0.876. The second-order valence-corrected chi connectivity index (χ2v) is 4.98. The van der Waals surface area contributed by atoms with E-state index in [-0.39, 0.29) is 5.91 Å². The number of benzene rings is 2. The molecule has 0 bridgehead atoms. The molecule has 0 saturated carbocycles. The zero-order chi connectivity index (χ0) is 15.1. The highest BCUT2D eigenvalue weighted by atomic mass is 16.2. The molecule has 2 aromatic rings. The molecule has 0 atom stereocenters. The van der Waals surface area contributed by atoms with Gasteiger partial charge >= 0.3 is 0 Å². The van der Waals surface area contributed by atoms with Crippen LogP contribution in [-0.2, 0) is 11.2 Å². The number of carbonyl (C=O) groups excluding carboxylic acids is 1. The first kappa shape index (κ1) is 15.1. The number of nitrogens with zero attached hydrogens (tertiary/aromatic N) is 1. The van der Waals surface area contributed by atoms with Gasteiger partial charge in [-0.15, -0.1) is 0 Å². The van der Waals surface area contributed by atoms with Crippen LogP contribution < -0.4 is 10.2 Å². The van der Waals surface area contributed by atoms with E-state index in [4.69, 9.17) is 0 Å². The van der Waals surface area contributed by atoms with E-state index < -0.39 is 0 Å². The molecule has 0 aliphatic rings. The Morgan fingerprint density at radius 1 is 1.05 bits per heavy atom. The average Bonchev–Trinajstić information content (AvgIpc) is 2.55. The van der Waals surface area contributed by atoms with E-state index in [1.165, 1.54) is 5.56 Å². The third-order valence-corrected chi connectivity index (χ3v) is 3.57. The van der Waals surface area contributed by atoms with Gasteiger partial charge in [-0.1, -0.05) is 43.3 Å². The normalized spacial score (nSPS) is 10.2. The molecule has 0 aliphatic carbocycles. The summed E-state index contributed by atoms with van der Waals surface area (Å²) in [6.07, 6.45) is 1.46. The topological polar surface area (TPSA) is 32.3 Å². The van der Waals surface area contributed by atoms with E-state index >= 15 is 0 Å². The Balaban J connectivity index is 1.87. The van der Waals surface area contributed by atoms with Gasteiger partial charge in [-0.25, -0.2) is 0 Å². The number of anilines is 2. The summed E-state index contributed by atoms with van der Waals surface area (Å²) >= 11 is 0. The maximum Gasteiger partial charge on any atom is 0.228 e. The molecular formula is C18H22N2O. The molecular weight excluding hydrogens is 260 g/mol. The molecule has 0 spiro atoms. The minimum atomic E-state index is 0.114. The van der Waals surface area contributed by atoms with Gasteiger partial charge in [0.25, 0.3) is 0 Å². The molecule has 21 heavy (non-hydrogen) atoms. The lowest BCUT2D eigenvalue weighted by atomic mass is 10.1. The van der Waals surface area contributed by atoms with Gasteiger partial charge in [-0.05, 0) is 30.2 Å². The summed E-state index contributed by atoms with van der Waals surface area (Å²) in [5.41, 5.74) is 3.33. The van der Waals surface area contributed by atoms with Crippen LogP contribution in [0.15, 0.2) is 54.6 Å². The highest BCUT2D eigenvalue weighted by molar-refractivity contribution is 5.93. The molecule has 0 radical (unpaired) electrons. The predicted octanol–water partition coefficient (Wildman–Crippen LogP) is 3.71. The van der Waals surface area contributed by atoms with E-state index in [0.29, 0.717) is 13.0 Å². The molecule has 3 nitrogen and oxygen atoms in total. The predicted molar refractivity (Wildman–Crippen MR) is 88.8 cm³/mol. The Bertz CT molecular complexity index is 581. The van der Waals surface area contributed by atoms with Crippen LogP contribution in [0.4, 0.5) is 11.4 Å². The van der Waals surface area contributed by atoms with Crippen molar-refractivity contribution in [1.82, 2.24) is 0 Å². The van der Waals surface area contributed by atoms with Gasteiger partial charge < -0.3 is 10.2 Å². The maximum absolute atomic E-state index is 12.2. The van der Waals surface area contributed by atoms with Crippen molar-refractivity contribution in [2.75, 3.05) is 23.8 Å². The number of hydrogen-bond acceptors (Lipinski definition) is 2. The Morgan fingerprint density at radius 2 is 1.71 bits per heavy atom. The lowest BCUT2D eigenvalue weighted by molar-refractivity contribution is -0.118. The van der Waals surface area contributed by atoms with Crippen LogP contribution in [-0.4, -0.2) is 19.5 Å². The van der Waals surface area contributed by atoms with Gasteiger partial charge in [0.05, 0.1) is 0 Å². The summed E-state index contributed by atoms with van der Waals surface area (Å²) in [4.78, 5) is 13.9. The minimum absolute atomic E-state index is 0.114. The van der Waals surface area contributed by atoms with Crippen molar-refractivity contribution >= 4 is 17.3 Å². The van der Waals surface area contributed by atoms with Crippen LogP contribution in [0.3, 0.4) is 0 Å². The molecule has 0 unspecified atom stereocenters. The fourth-order valence-electron chi connectivity index (χ4n) is 2.27. The third-order valence-electron chi connectivity index (χ3n) is 3.57. The van der Waals surface area contributed by atoms with Crippen LogP contribution in [0.25, 0.3) is 0 Å². The third kappa shape index (κ3) is 4.09. The number of nitrogens with one attached hydrogen (secondary N) is 1. The van der Waals surface area contributed by atoms with Gasteiger partial charge in [0, 0.05) is 31.4 Å². The van der Waals surface area contributed by atoms with Crippen molar-refractivity contribution in [1.29, 1.82) is 0 Å². The molecule has 110 valence electrons. The average molecular weight is 282 g/mol. The van der Waals surface area contributed by atoms with Crippen LogP contribution >= 0.6 is 0 Å². The smallest absolute Gasteiger partial charge is 0.228 e. The number of para-hydroxylation sites is 2. The molecule has 0 saturated heterocycles. The summed E-state index contributed by atoms with van der Waals surface area (Å²) in [7, 11) is 1.82. The summed E-state index contributed by atoms with van der Waals surface area (Å²) < 4.78 is 0. The summed E-state index contributed by atoms with van der Waals surface area (Å²) in [6.45, 7) is 2.78. The van der Waals surface area contributed by atoms with E-state index in [1.807, 2.05) is 49.5 Å². The first-order valence-electron chi connectivity index (χ1n) is 7.35. The number of amides is 1. The Labute approximate surface area is 126 Å². The summed E-state index contributed by atoms with van der Waals surface area (Å²) in [6, 6.07) is 17.9. The van der Waals surface area contributed by atoms with Crippen molar-refractivity contribution in [3.05, 3.63) is 60.2 Å². The highest BCUT2D eigenvalue weighted by Gasteiger charge is 2.10. The molecule has 0 aliphatic heterocycles.